The van der Waals surface area contributed by atoms with Gasteiger partial charge in [0, 0.05) is 36.7 Å². The second kappa shape index (κ2) is 7.81. The molecule has 2 aromatic carbocycles. The Morgan fingerprint density at radius 1 is 0.885 bits per heavy atom. The fraction of sp³-hybridized carbons (Fsp3) is 0.409. The number of carbonyl (C=O) groups excluding carboxylic acids is 1. The molecule has 4 rings (SSSR count). The molecule has 1 amide bonds. The van der Waals surface area contributed by atoms with Gasteiger partial charge in [-0.2, -0.15) is 0 Å². The summed E-state index contributed by atoms with van der Waals surface area (Å²) < 4.78 is 0. The minimum absolute atomic E-state index is 0.0456. The van der Waals surface area contributed by atoms with Crippen LogP contribution in [0.25, 0.3) is 0 Å². The molecule has 0 aromatic heterocycles. The summed E-state index contributed by atoms with van der Waals surface area (Å²) in [5.74, 6) is 0.0456. The van der Waals surface area contributed by atoms with Gasteiger partial charge in [0.15, 0.2) is 0 Å². The summed E-state index contributed by atoms with van der Waals surface area (Å²) in [6, 6.07) is 16.7. The molecule has 0 unspecified atom stereocenters. The van der Waals surface area contributed by atoms with Crippen molar-refractivity contribution < 1.29 is 4.79 Å². The largest absolute Gasteiger partial charge is 0.372 e. The summed E-state index contributed by atoms with van der Waals surface area (Å²) in [5, 5.41) is 3.04. The number of rotatable bonds is 4. The molecule has 0 bridgehead atoms. The van der Waals surface area contributed by atoms with Gasteiger partial charge in [-0.15, -0.1) is 0 Å². The molecule has 2 aliphatic rings. The van der Waals surface area contributed by atoms with Crippen LogP contribution in [0.4, 0.5) is 17.1 Å². The Labute approximate surface area is 155 Å². The lowest BCUT2D eigenvalue weighted by Gasteiger charge is -2.23. The highest BCUT2D eigenvalue weighted by atomic mass is 16.2. The Morgan fingerprint density at radius 3 is 2.38 bits per heavy atom. The van der Waals surface area contributed by atoms with Gasteiger partial charge in [-0.3, -0.25) is 4.79 Å². The molecule has 2 aliphatic heterocycles. The quantitative estimate of drug-likeness (QED) is 0.904. The van der Waals surface area contributed by atoms with E-state index in [2.05, 4.69) is 45.4 Å². The van der Waals surface area contributed by atoms with Crippen molar-refractivity contribution in [1.29, 1.82) is 0 Å². The molecule has 1 N–H and O–H groups in total. The first-order valence-electron chi connectivity index (χ1n) is 9.77. The van der Waals surface area contributed by atoms with E-state index in [4.69, 9.17) is 0 Å². The summed E-state index contributed by atoms with van der Waals surface area (Å²) in [6.45, 7) is 3.60. The molecule has 0 radical (unpaired) electrons. The monoisotopic (exact) mass is 349 g/mol. The summed E-state index contributed by atoms with van der Waals surface area (Å²) in [6.07, 6.45) is 6.24. The Kier molecular flexibility index (Phi) is 5.09. The Morgan fingerprint density at radius 2 is 1.62 bits per heavy atom. The number of nitrogens with one attached hydrogen (secondary N) is 1. The van der Waals surface area contributed by atoms with E-state index in [0.29, 0.717) is 6.54 Å². The van der Waals surface area contributed by atoms with Crippen molar-refractivity contribution in [3.05, 3.63) is 54.1 Å². The van der Waals surface area contributed by atoms with Gasteiger partial charge in [0.05, 0.1) is 6.54 Å². The number of hydrogen-bond donors (Lipinski definition) is 1. The molecule has 4 nitrogen and oxygen atoms in total. The molecular weight excluding hydrogens is 322 g/mol. The van der Waals surface area contributed by atoms with Crippen LogP contribution in [-0.2, 0) is 11.2 Å². The molecule has 0 saturated carbocycles. The Balaban J connectivity index is 1.35. The fourth-order valence-corrected chi connectivity index (χ4v) is 4.03. The maximum atomic E-state index is 12.4. The molecular formula is C22H27N3O. The predicted octanol–water partition coefficient (Wildman–Crippen LogP) is 4.07. The zero-order valence-electron chi connectivity index (χ0n) is 15.3. The van der Waals surface area contributed by atoms with E-state index in [1.54, 1.807) is 0 Å². The number of para-hydroxylation sites is 1. The maximum absolute atomic E-state index is 12.4. The SMILES string of the molecule is O=C(CN1CCc2ccccc21)Nc1ccc(N2CCCCCC2)cc1. The van der Waals surface area contributed by atoms with Crippen molar-refractivity contribution in [2.45, 2.75) is 32.1 Å². The van der Waals surface area contributed by atoms with Crippen molar-refractivity contribution in [3.8, 4) is 0 Å². The summed E-state index contributed by atoms with van der Waals surface area (Å²) in [4.78, 5) is 17.1. The number of fused-ring (bicyclic) bond motifs is 1. The second-order valence-corrected chi connectivity index (χ2v) is 7.30. The molecule has 0 atom stereocenters. The van der Waals surface area contributed by atoms with Crippen molar-refractivity contribution >= 4 is 23.0 Å². The second-order valence-electron chi connectivity index (χ2n) is 7.30. The topological polar surface area (TPSA) is 35.6 Å². The minimum atomic E-state index is 0.0456. The lowest BCUT2D eigenvalue weighted by atomic mass is 10.2. The molecule has 2 heterocycles. The van der Waals surface area contributed by atoms with Gasteiger partial charge in [-0.05, 0) is 55.2 Å². The van der Waals surface area contributed by atoms with Gasteiger partial charge in [0.25, 0.3) is 0 Å². The van der Waals surface area contributed by atoms with Crippen LogP contribution in [-0.4, -0.2) is 32.1 Å². The molecule has 136 valence electrons. The van der Waals surface area contributed by atoms with Crippen molar-refractivity contribution in [1.82, 2.24) is 0 Å². The van der Waals surface area contributed by atoms with E-state index < -0.39 is 0 Å². The number of amides is 1. The lowest BCUT2D eigenvalue weighted by Crippen LogP contribution is -2.31. The van der Waals surface area contributed by atoms with E-state index >= 15 is 0 Å². The van der Waals surface area contributed by atoms with Crippen LogP contribution in [0.15, 0.2) is 48.5 Å². The average molecular weight is 349 g/mol. The maximum Gasteiger partial charge on any atom is 0.243 e. The van der Waals surface area contributed by atoms with Crippen LogP contribution < -0.4 is 15.1 Å². The van der Waals surface area contributed by atoms with Crippen molar-refractivity contribution in [2.24, 2.45) is 0 Å². The first-order chi connectivity index (χ1) is 12.8. The Hall–Kier alpha value is -2.49. The first kappa shape index (κ1) is 17.0. The number of carbonyl (C=O) groups is 1. The van der Waals surface area contributed by atoms with Gasteiger partial charge in [0.2, 0.25) is 5.91 Å². The van der Waals surface area contributed by atoms with Gasteiger partial charge in [-0.1, -0.05) is 31.0 Å². The van der Waals surface area contributed by atoms with Gasteiger partial charge < -0.3 is 15.1 Å². The molecule has 1 fully saturated rings. The highest BCUT2D eigenvalue weighted by Gasteiger charge is 2.20. The van der Waals surface area contributed by atoms with Crippen LogP contribution in [0.1, 0.15) is 31.2 Å². The van der Waals surface area contributed by atoms with Crippen molar-refractivity contribution in [2.75, 3.05) is 41.3 Å². The normalized spacial score (nSPS) is 16.9. The summed E-state index contributed by atoms with van der Waals surface area (Å²) >= 11 is 0. The van der Waals surface area contributed by atoms with Gasteiger partial charge >= 0.3 is 0 Å². The number of benzene rings is 2. The number of anilines is 3. The third-order valence-corrected chi connectivity index (χ3v) is 5.44. The van der Waals surface area contributed by atoms with Crippen molar-refractivity contribution in [3.63, 3.8) is 0 Å². The van der Waals surface area contributed by atoms with Crippen LogP contribution in [0.5, 0.6) is 0 Å². The van der Waals surface area contributed by atoms with Gasteiger partial charge in [-0.25, -0.2) is 0 Å². The van der Waals surface area contributed by atoms with Crippen LogP contribution in [0.2, 0.25) is 0 Å². The predicted molar refractivity (Wildman–Crippen MR) is 108 cm³/mol. The average Bonchev–Trinajstić information content (AvgIpc) is 2.88. The lowest BCUT2D eigenvalue weighted by molar-refractivity contribution is -0.115. The molecule has 2 aromatic rings. The number of hydrogen-bond acceptors (Lipinski definition) is 3. The summed E-state index contributed by atoms with van der Waals surface area (Å²) in [7, 11) is 0. The summed E-state index contributed by atoms with van der Waals surface area (Å²) in [5.41, 5.74) is 4.67. The van der Waals surface area contributed by atoms with E-state index in [1.165, 1.54) is 42.6 Å². The molecule has 26 heavy (non-hydrogen) atoms. The Bertz CT molecular complexity index is 748. The van der Waals surface area contributed by atoms with Crippen LogP contribution in [0.3, 0.4) is 0 Å². The fourth-order valence-electron chi connectivity index (χ4n) is 4.03. The first-order valence-corrected chi connectivity index (χ1v) is 9.77. The molecule has 1 saturated heterocycles. The molecule has 0 spiro atoms. The highest BCUT2D eigenvalue weighted by molar-refractivity contribution is 5.94. The zero-order valence-corrected chi connectivity index (χ0v) is 15.3. The minimum Gasteiger partial charge on any atom is -0.372 e. The third-order valence-electron chi connectivity index (χ3n) is 5.44. The highest BCUT2D eigenvalue weighted by Crippen LogP contribution is 2.27. The van der Waals surface area contributed by atoms with Crippen LogP contribution >= 0.6 is 0 Å². The zero-order chi connectivity index (χ0) is 17.8. The molecule has 4 heteroatoms. The smallest absolute Gasteiger partial charge is 0.243 e. The van der Waals surface area contributed by atoms with E-state index in [-0.39, 0.29) is 5.91 Å². The number of nitrogens with zero attached hydrogens (tertiary/aromatic N) is 2. The molecule has 0 aliphatic carbocycles. The standard InChI is InChI=1S/C22H27N3O/c26-22(17-25-16-13-18-7-3-4-8-21(18)25)23-19-9-11-20(12-10-19)24-14-5-1-2-6-15-24/h3-4,7-12H,1-2,5-6,13-17H2,(H,23,26). The van der Waals surface area contributed by atoms with E-state index in [1.807, 2.05) is 18.2 Å². The van der Waals surface area contributed by atoms with E-state index in [0.717, 1.165) is 31.7 Å². The van der Waals surface area contributed by atoms with Gasteiger partial charge in [0.1, 0.15) is 0 Å². The van der Waals surface area contributed by atoms with Crippen LogP contribution in [0, 0.1) is 0 Å². The van der Waals surface area contributed by atoms with E-state index in [9.17, 15) is 4.79 Å². The third kappa shape index (κ3) is 3.85.